The Morgan fingerprint density at radius 3 is 2.56 bits per heavy atom. The minimum absolute atomic E-state index is 0.0288. The first-order chi connectivity index (χ1) is 15.0. The summed E-state index contributed by atoms with van der Waals surface area (Å²) >= 11 is 0. The van der Waals surface area contributed by atoms with Crippen molar-refractivity contribution in [2.24, 2.45) is 0 Å². The Kier molecular flexibility index (Phi) is 6.02. The van der Waals surface area contributed by atoms with E-state index < -0.39 is 34.9 Å². The van der Waals surface area contributed by atoms with Gasteiger partial charge in [-0.1, -0.05) is 0 Å². The van der Waals surface area contributed by atoms with Gasteiger partial charge in [0.2, 0.25) is 17.2 Å². The van der Waals surface area contributed by atoms with Crippen LogP contribution in [0.15, 0.2) is 59.6 Å². The highest BCUT2D eigenvalue weighted by atomic mass is 16.6. The van der Waals surface area contributed by atoms with E-state index in [1.807, 2.05) is 0 Å². The van der Waals surface area contributed by atoms with Crippen LogP contribution in [0.4, 0.5) is 0 Å². The number of phenolic OH excluding ortho intramolecular Hbond substituents is 2. The molecule has 0 saturated heterocycles. The Morgan fingerprint density at radius 1 is 1.19 bits per heavy atom. The maximum Gasteiger partial charge on any atom is 0.343 e. The number of benzene rings is 1. The highest BCUT2D eigenvalue weighted by molar-refractivity contribution is 6.26. The first-order valence-electron chi connectivity index (χ1n) is 9.48. The molecule has 1 heterocycles. The molecule has 0 amide bonds. The molecular weight excluding hydrogens is 420 g/mol. The molecule has 0 aromatic heterocycles. The highest BCUT2D eigenvalue weighted by Gasteiger charge is 2.49. The van der Waals surface area contributed by atoms with Crippen LogP contribution in [0.3, 0.4) is 0 Å². The molecule has 166 valence electrons. The number of aromatic hydroxyl groups is 2. The van der Waals surface area contributed by atoms with Crippen molar-refractivity contribution in [3.05, 3.63) is 70.7 Å². The fourth-order valence-electron chi connectivity index (χ4n) is 3.18. The number of Topliss-reactive ketones (excluding diaryl/α,β-unsaturated/α-hetero) is 1. The monoisotopic (exact) mass is 440 g/mol. The molecule has 1 aliphatic carbocycles. The van der Waals surface area contributed by atoms with Crippen molar-refractivity contribution in [2.45, 2.75) is 26.4 Å². The van der Waals surface area contributed by atoms with E-state index >= 15 is 0 Å². The van der Waals surface area contributed by atoms with Gasteiger partial charge >= 0.3 is 11.9 Å². The largest absolute Gasteiger partial charge is 0.508 e. The summed E-state index contributed by atoms with van der Waals surface area (Å²) in [5.74, 6) is -3.58. The molecule has 0 saturated carbocycles. The van der Waals surface area contributed by atoms with E-state index in [4.69, 9.17) is 14.2 Å². The summed E-state index contributed by atoms with van der Waals surface area (Å²) in [7, 11) is 0. The smallest absolute Gasteiger partial charge is 0.343 e. The van der Waals surface area contributed by atoms with Gasteiger partial charge in [0.1, 0.15) is 35.7 Å². The number of ether oxygens (including phenoxy) is 3. The predicted octanol–water partition coefficient (Wildman–Crippen LogP) is 2.32. The van der Waals surface area contributed by atoms with E-state index in [1.165, 1.54) is 38.1 Å². The molecular formula is C23H20O9. The van der Waals surface area contributed by atoms with Gasteiger partial charge in [-0.3, -0.25) is 14.4 Å². The van der Waals surface area contributed by atoms with Crippen LogP contribution in [0.2, 0.25) is 0 Å². The lowest BCUT2D eigenvalue weighted by atomic mass is 9.80. The Hall–Kier alpha value is -4.14. The van der Waals surface area contributed by atoms with Gasteiger partial charge in [0.15, 0.2) is 0 Å². The number of hydrogen-bond donors (Lipinski definition) is 2. The lowest BCUT2D eigenvalue weighted by Gasteiger charge is -2.31. The Balaban J connectivity index is 1.84. The van der Waals surface area contributed by atoms with Crippen LogP contribution in [0, 0.1) is 6.92 Å². The molecule has 1 unspecified atom stereocenters. The van der Waals surface area contributed by atoms with Crippen molar-refractivity contribution in [1.82, 2.24) is 0 Å². The number of rotatable bonds is 5. The molecule has 0 radical (unpaired) electrons. The Morgan fingerprint density at radius 2 is 1.91 bits per heavy atom. The van der Waals surface area contributed by atoms with Crippen LogP contribution in [0.25, 0.3) is 0 Å². The average Bonchev–Trinajstić information content (AvgIpc) is 2.69. The maximum absolute atomic E-state index is 13.0. The number of hydrogen-bond acceptors (Lipinski definition) is 9. The minimum atomic E-state index is -2.16. The third kappa shape index (κ3) is 4.31. The van der Waals surface area contributed by atoms with Crippen molar-refractivity contribution in [1.29, 1.82) is 0 Å². The minimum Gasteiger partial charge on any atom is -0.508 e. The van der Waals surface area contributed by atoms with E-state index in [1.54, 1.807) is 0 Å². The lowest BCUT2D eigenvalue weighted by Crippen LogP contribution is -2.50. The predicted molar refractivity (Wildman–Crippen MR) is 109 cm³/mol. The maximum atomic E-state index is 13.0. The second-order valence-electron chi connectivity index (χ2n) is 7.27. The molecule has 0 spiro atoms. The molecule has 3 rings (SSSR count). The molecule has 0 fully saturated rings. The summed E-state index contributed by atoms with van der Waals surface area (Å²) in [6.45, 7) is 3.92. The van der Waals surface area contributed by atoms with Gasteiger partial charge in [-0.2, -0.15) is 0 Å². The molecule has 1 aromatic rings. The van der Waals surface area contributed by atoms with Crippen LogP contribution in [-0.4, -0.2) is 45.9 Å². The number of carbonyl (C=O) groups excluding carboxylic acids is 4. The molecule has 2 N–H and O–H groups in total. The summed E-state index contributed by atoms with van der Waals surface area (Å²) in [4.78, 5) is 49.2. The number of fused-ring (bicyclic) bond motifs is 1. The number of phenols is 2. The van der Waals surface area contributed by atoms with Crippen LogP contribution >= 0.6 is 0 Å². The summed E-state index contributed by atoms with van der Waals surface area (Å²) in [5.41, 5.74) is -1.92. The van der Waals surface area contributed by atoms with Gasteiger partial charge in [-0.25, -0.2) is 4.79 Å². The molecule has 1 aromatic carbocycles. The number of carbonyl (C=O) groups is 4. The third-order valence-corrected chi connectivity index (χ3v) is 4.82. The van der Waals surface area contributed by atoms with Crippen molar-refractivity contribution in [2.75, 3.05) is 6.61 Å². The third-order valence-electron chi connectivity index (χ3n) is 4.82. The van der Waals surface area contributed by atoms with Crippen LogP contribution in [-0.2, 0) is 28.6 Å². The average molecular weight is 440 g/mol. The fourth-order valence-corrected chi connectivity index (χ4v) is 3.18. The molecule has 32 heavy (non-hydrogen) atoms. The van der Waals surface area contributed by atoms with Crippen molar-refractivity contribution in [3.8, 4) is 11.5 Å². The molecule has 1 aliphatic heterocycles. The van der Waals surface area contributed by atoms with Gasteiger partial charge in [-0.15, -0.1) is 0 Å². The Labute approximate surface area is 182 Å². The molecule has 0 bridgehead atoms. The summed E-state index contributed by atoms with van der Waals surface area (Å²) in [6.07, 6.45) is 6.79. The first kappa shape index (κ1) is 22.5. The zero-order valence-electron chi connectivity index (χ0n) is 17.5. The van der Waals surface area contributed by atoms with E-state index in [2.05, 4.69) is 0 Å². The Bertz CT molecular complexity index is 1130. The van der Waals surface area contributed by atoms with E-state index in [9.17, 15) is 29.4 Å². The quantitative estimate of drug-likeness (QED) is 0.522. The molecule has 9 nitrogen and oxygen atoms in total. The fraction of sp³-hybridized carbons (Fsp3) is 0.217. The molecule has 1 atom stereocenters. The van der Waals surface area contributed by atoms with Crippen molar-refractivity contribution >= 4 is 23.5 Å². The number of esters is 2. The van der Waals surface area contributed by atoms with Crippen molar-refractivity contribution in [3.63, 3.8) is 0 Å². The molecule has 2 aliphatic rings. The second kappa shape index (κ2) is 8.54. The number of allylic oxidation sites excluding steroid dienone is 3. The van der Waals surface area contributed by atoms with E-state index in [-0.39, 0.29) is 34.6 Å². The zero-order chi connectivity index (χ0) is 23.6. The van der Waals surface area contributed by atoms with Gasteiger partial charge in [0, 0.05) is 13.0 Å². The standard InChI is InChI=1S/C23H20O9/c1-12-7-15(25)10-18(26)20(12)22(29)32-23(3)19(27)9-14-8-16(5-4-6-30-13(2)24)31-11-17(14)21(23)28/h4-5,7-11,25-26H,6H2,1-3H3. The highest BCUT2D eigenvalue weighted by Crippen LogP contribution is 2.35. The lowest BCUT2D eigenvalue weighted by molar-refractivity contribution is -0.145. The van der Waals surface area contributed by atoms with E-state index in [0.29, 0.717) is 5.76 Å². The molecule has 9 heteroatoms. The summed E-state index contributed by atoms with van der Waals surface area (Å²) in [6, 6.07) is 2.19. The normalized spacial score (nSPS) is 20.0. The van der Waals surface area contributed by atoms with Crippen LogP contribution < -0.4 is 0 Å². The second-order valence-corrected chi connectivity index (χ2v) is 7.27. The summed E-state index contributed by atoms with van der Waals surface area (Å²) in [5, 5.41) is 19.5. The van der Waals surface area contributed by atoms with Gasteiger partial charge < -0.3 is 24.4 Å². The van der Waals surface area contributed by atoms with Gasteiger partial charge in [0.05, 0.1) is 5.57 Å². The topological polar surface area (TPSA) is 136 Å². The first-order valence-corrected chi connectivity index (χ1v) is 9.48. The SMILES string of the molecule is CC(=O)OCC=CC1=CC2=CC(=O)C(C)(OC(=O)c3c(C)cc(O)cc3O)C(=O)C2=CO1. The van der Waals surface area contributed by atoms with Crippen molar-refractivity contribution < 1.29 is 43.6 Å². The van der Waals surface area contributed by atoms with Crippen LogP contribution in [0.1, 0.15) is 29.8 Å². The zero-order valence-corrected chi connectivity index (χ0v) is 17.5. The van der Waals surface area contributed by atoms with Gasteiger partial charge in [-0.05, 0) is 55.4 Å². The number of aryl methyl sites for hydroxylation is 1. The summed E-state index contributed by atoms with van der Waals surface area (Å²) < 4.78 is 15.4. The van der Waals surface area contributed by atoms with E-state index in [0.717, 1.165) is 25.3 Å². The van der Waals surface area contributed by atoms with Gasteiger partial charge in [0.25, 0.3) is 0 Å². The number of ketones is 2. The van der Waals surface area contributed by atoms with Crippen LogP contribution in [0.5, 0.6) is 11.5 Å².